The lowest BCUT2D eigenvalue weighted by atomic mass is 10.0. The van der Waals surface area contributed by atoms with E-state index in [4.69, 9.17) is 31.7 Å². The summed E-state index contributed by atoms with van der Waals surface area (Å²) in [5, 5.41) is 7.02. The van der Waals surface area contributed by atoms with E-state index in [0.717, 1.165) is 48.3 Å². The molecule has 0 aliphatic carbocycles. The van der Waals surface area contributed by atoms with Gasteiger partial charge in [-0.05, 0) is 68.9 Å². The Balaban J connectivity index is 1.31. The van der Waals surface area contributed by atoms with E-state index < -0.39 is 0 Å². The summed E-state index contributed by atoms with van der Waals surface area (Å²) in [5.74, 6) is 4.08. The lowest BCUT2D eigenvalue weighted by Crippen LogP contribution is -2.38. The molecule has 5 rings (SSSR count). The third-order valence-corrected chi connectivity index (χ3v) is 7.09. The molecule has 3 aliphatic rings. The number of benzene rings is 1. The third-order valence-electron chi connectivity index (χ3n) is 6.84. The first-order valence-corrected chi connectivity index (χ1v) is 12.9. The molecule has 0 unspecified atom stereocenters. The summed E-state index contributed by atoms with van der Waals surface area (Å²) in [6, 6.07) is 8.56. The van der Waals surface area contributed by atoms with Crippen LogP contribution >= 0.6 is 12.2 Å². The van der Waals surface area contributed by atoms with Crippen LogP contribution in [0.2, 0.25) is 0 Å². The van der Waals surface area contributed by atoms with E-state index in [0.29, 0.717) is 23.6 Å². The minimum Gasteiger partial charge on any atom is -0.454 e. The van der Waals surface area contributed by atoms with Gasteiger partial charge in [0.2, 0.25) is 12.7 Å². The summed E-state index contributed by atoms with van der Waals surface area (Å²) in [6.07, 6.45) is 8.66. The van der Waals surface area contributed by atoms with Crippen molar-refractivity contribution in [1.29, 1.82) is 0 Å². The van der Waals surface area contributed by atoms with Gasteiger partial charge in [0.05, 0.1) is 0 Å². The summed E-state index contributed by atoms with van der Waals surface area (Å²) in [7, 11) is 0. The topological polar surface area (TPSA) is 74.8 Å². The molecule has 182 valence electrons. The summed E-state index contributed by atoms with van der Waals surface area (Å²) >= 11 is 5.59. The number of nitrogens with one attached hydrogen (secondary N) is 2. The second-order valence-electron chi connectivity index (χ2n) is 9.34. The van der Waals surface area contributed by atoms with Crippen LogP contribution in [0.25, 0.3) is 0 Å². The Kier molecular flexibility index (Phi) is 7.18. The molecule has 0 spiro atoms. The SMILES string of the molecule is C[C@@H]1CCCCN1c1cc(N2CCCCCC2)nc(NC(=S)NCc2ccc3c(c2)OCO3)n1. The summed E-state index contributed by atoms with van der Waals surface area (Å²) in [4.78, 5) is 14.6. The highest BCUT2D eigenvalue weighted by molar-refractivity contribution is 7.80. The maximum absolute atomic E-state index is 5.59. The van der Waals surface area contributed by atoms with Gasteiger partial charge < -0.3 is 29.9 Å². The van der Waals surface area contributed by atoms with E-state index in [1.807, 2.05) is 18.2 Å². The van der Waals surface area contributed by atoms with Crippen molar-refractivity contribution in [2.24, 2.45) is 0 Å². The summed E-state index contributed by atoms with van der Waals surface area (Å²) in [6.45, 7) is 6.25. The van der Waals surface area contributed by atoms with Crippen LogP contribution in [-0.2, 0) is 6.54 Å². The van der Waals surface area contributed by atoms with Gasteiger partial charge in [0.15, 0.2) is 16.6 Å². The maximum atomic E-state index is 5.59. The van der Waals surface area contributed by atoms with E-state index in [9.17, 15) is 0 Å². The number of thiocarbonyl (C=S) groups is 1. The fourth-order valence-electron chi connectivity index (χ4n) is 4.90. The molecule has 9 heteroatoms. The average Bonchev–Trinajstić information content (AvgIpc) is 3.14. The number of fused-ring (bicyclic) bond motifs is 1. The summed E-state index contributed by atoms with van der Waals surface area (Å²) in [5.41, 5.74) is 1.07. The Hall–Kier alpha value is -2.81. The molecule has 2 aromatic rings. The van der Waals surface area contributed by atoms with Crippen molar-refractivity contribution < 1.29 is 9.47 Å². The van der Waals surface area contributed by atoms with Crippen molar-refractivity contribution in [2.75, 3.05) is 41.5 Å². The normalized spacial score (nSPS) is 20.1. The van der Waals surface area contributed by atoms with Gasteiger partial charge in [0.25, 0.3) is 0 Å². The van der Waals surface area contributed by atoms with Crippen LogP contribution in [0, 0.1) is 0 Å². The smallest absolute Gasteiger partial charge is 0.232 e. The number of ether oxygens (including phenoxy) is 2. The third kappa shape index (κ3) is 5.46. The standard InChI is InChI=1S/C25H34N6O2S/c1-18-8-4-7-13-31(18)23-15-22(30-11-5-2-3-6-12-30)27-24(28-23)29-25(34)26-16-19-9-10-20-21(14-19)33-17-32-20/h9-10,14-15,18H,2-8,11-13,16-17H2,1H3,(H2,26,27,28,29,34)/t18-/m1/s1. The fraction of sp³-hybridized carbons (Fsp3) is 0.560. The highest BCUT2D eigenvalue weighted by atomic mass is 32.1. The highest BCUT2D eigenvalue weighted by Crippen LogP contribution is 2.32. The molecule has 2 saturated heterocycles. The first-order chi connectivity index (χ1) is 16.7. The van der Waals surface area contributed by atoms with Crippen LogP contribution in [0.5, 0.6) is 11.5 Å². The predicted octanol–water partition coefficient (Wildman–Crippen LogP) is 4.45. The quantitative estimate of drug-likeness (QED) is 0.601. The molecule has 4 heterocycles. The first kappa shape index (κ1) is 23.0. The van der Waals surface area contributed by atoms with Gasteiger partial charge in [-0.15, -0.1) is 0 Å². The molecule has 0 amide bonds. The monoisotopic (exact) mass is 482 g/mol. The fourth-order valence-corrected chi connectivity index (χ4v) is 5.07. The maximum Gasteiger partial charge on any atom is 0.232 e. The molecule has 1 aromatic heterocycles. The van der Waals surface area contributed by atoms with Gasteiger partial charge in [-0.25, -0.2) is 0 Å². The van der Waals surface area contributed by atoms with Gasteiger partial charge in [-0.3, -0.25) is 0 Å². The number of rotatable bonds is 5. The van der Waals surface area contributed by atoms with E-state index in [1.165, 1.54) is 44.9 Å². The second-order valence-corrected chi connectivity index (χ2v) is 9.75. The largest absolute Gasteiger partial charge is 0.454 e. The molecule has 0 radical (unpaired) electrons. The van der Waals surface area contributed by atoms with Crippen LogP contribution in [0.15, 0.2) is 24.3 Å². The first-order valence-electron chi connectivity index (χ1n) is 12.5. The van der Waals surface area contributed by atoms with Crippen LogP contribution < -0.4 is 29.9 Å². The summed E-state index contributed by atoms with van der Waals surface area (Å²) < 4.78 is 10.9. The van der Waals surface area contributed by atoms with E-state index >= 15 is 0 Å². The Morgan fingerprint density at radius 2 is 1.74 bits per heavy atom. The van der Waals surface area contributed by atoms with Crippen LogP contribution in [0.3, 0.4) is 0 Å². The number of piperidine rings is 1. The zero-order valence-corrected chi connectivity index (χ0v) is 20.7. The van der Waals surface area contributed by atoms with Gasteiger partial charge in [0.1, 0.15) is 11.6 Å². The van der Waals surface area contributed by atoms with E-state index in [1.54, 1.807) is 0 Å². The lowest BCUT2D eigenvalue weighted by Gasteiger charge is -2.35. The Morgan fingerprint density at radius 1 is 0.971 bits per heavy atom. The van der Waals surface area contributed by atoms with Crippen molar-refractivity contribution in [3.8, 4) is 11.5 Å². The van der Waals surface area contributed by atoms with Crippen LogP contribution in [0.4, 0.5) is 17.6 Å². The zero-order valence-electron chi connectivity index (χ0n) is 19.9. The molecule has 2 N–H and O–H groups in total. The Labute approximate surface area is 207 Å². The number of hydrogen-bond acceptors (Lipinski definition) is 7. The molecule has 0 saturated carbocycles. The molecule has 0 bridgehead atoms. The lowest BCUT2D eigenvalue weighted by molar-refractivity contribution is 0.174. The molecule has 1 atom stereocenters. The number of hydrogen-bond donors (Lipinski definition) is 2. The van der Waals surface area contributed by atoms with Gasteiger partial charge >= 0.3 is 0 Å². The van der Waals surface area contributed by atoms with Crippen molar-refractivity contribution in [3.05, 3.63) is 29.8 Å². The minimum atomic E-state index is 0.273. The van der Waals surface area contributed by atoms with E-state index in [-0.39, 0.29) is 6.79 Å². The predicted molar refractivity (Wildman–Crippen MR) is 139 cm³/mol. The number of anilines is 3. The average molecular weight is 483 g/mol. The highest BCUT2D eigenvalue weighted by Gasteiger charge is 2.23. The van der Waals surface area contributed by atoms with Crippen molar-refractivity contribution in [2.45, 2.75) is 64.5 Å². The van der Waals surface area contributed by atoms with Gasteiger partial charge in [-0.1, -0.05) is 18.9 Å². The molecule has 2 fully saturated rings. The Bertz CT molecular complexity index is 1010. The van der Waals surface area contributed by atoms with Gasteiger partial charge in [0, 0.05) is 38.3 Å². The molecular formula is C25H34N6O2S. The van der Waals surface area contributed by atoms with Gasteiger partial charge in [-0.2, -0.15) is 9.97 Å². The van der Waals surface area contributed by atoms with Crippen molar-refractivity contribution in [1.82, 2.24) is 15.3 Å². The molecular weight excluding hydrogens is 448 g/mol. The molecule has 8 nitrogen and oxygen atoms in total. The van der Waals surface area contributed by atoms with Crippen LogP contribution in [-0.4, -0.2) is 47.5 Å². The molecule has 3 aliphatic heterocycles. The zero-order chi connectivity index (χ0) is 23.3. The number of nitrogens with zero attached hydrogens (tertiary/aromatic N) is 4. The van der Waals surface area contributed by atoms with Crippen molar-refractivity contribution in [3.63, 3.8) is 0 Å². The van der Waals surface area contributed by atoms with Crippen LogP contribution in [0.1, 0.15) is 57.4 Å². The molecule has 34 heavy (non-hydrogen) atoms. The minimum absolute atomic E-state index is 0.273. The van der Waals surface area contributed by atoms with Crippen molar-refractivity contribution >= 4 is 34.9 Å². The Morgan fingerprint density at radius 3 is 2.56 bits per heavy atom. The number of aromatic nitrogens is 2. The van der Waals surface area contributed by atoms with E-state index in [2.05, 4.69) is 33.4 Å². The molecule has 1 aromatic carbocycles. The second kappa shape index (κ2) is 10.6.